The third-order valence-electron chi connectivity index (χ3n) is 5.30. The number of nitrogens with one attached hydrogen (secondary N) is 1. The first-order valence-corrected chi connectivity index (χ1v) is 9.73. The van der Waals surface area contributed by atoms with Crippen molar-refractivity contribution in [1.82, 2.24) is 14.8 Å². The molecule has 0 radical (unpaired) electrons. The summed E-state index contributed by atoms with van der Waals surface area (Å²) in [6.07, 6.45) is 2.00. The van der Waals surface area contributed by atoms with E-state index in [-0.39, 0.29) is 24.6 Å². The van der Waals surface area contributed by atoms with Crippen LogP contribution in [-0.2, 0) is 16.1 Å². The van der Waals surface area contributed by atoms with E-state index in [0.717, 1.165) is 27.5 Å². The molecule has 6 heteroatoms. The number of esters is 1. The molecule has 1 unspecified atom stereocenters. The van der Waals surface area contributed by atoms with Crippen LogP contribution in [0.4, 0.5) is 0 Å². The smallest absolute Gasteiger partial charge is 0.327 e. The first-order chi connectivity index (χ1) is 14.0. The van der Waals surface area contributed by atoms with Crippen LogP contribution in [0.1, 0.15) is 36.6 Å². The number of carbonyl (C=O) groups excluding carboxylic acids is 1. The Labute approximate surface area is 168 Å². The molecule has 0 saturated carbocycles. The van der Waals surface area contributed by atoms with E-state index in [0.29, 0.717) is 5.39 Å². The van der Waals surface area contributed by atoms with Crippen LogP contribution in [0.25, 0.3) is 21.7 Å². The summed E-state index contributed by atoms with van der Waals surface area (Å²) >= 11 is 0. The van der Waals surface area contributed by atoms with Gasteiger partial charge in [-0.15, -0.1) is 0 Å². The molecule has 0 fully saturated rings. The van der Waals surface area contributed by atoms with E-state index < -0.39 is 5.97 Å². The lowest BCUT2D eigenvalue weighted by molar-refractivity contribution is -0.144. The lowest BCUT2D eigenvalue weighted by Crippen LogP contribution is -2.29. The largest absolute Gasteiger partial charge is 0.465 e. The van der Waals surface area contributed by atoms with Crippen molar-refractivity contribution in [3.8, 4) is 0 Å². The second-order valence-corrected chi connectivity index (χ2v) is 7.16. The number of fused-ring (bicyclic) bond motifs is 2. The van der Waals surface area contributed by atoms with Crippen molar-refractivity contribution in [3.05, 3.63) is 75.8 Å². The van der Waals surface area contributed by atoms with Crippen LogP contribution >= 0.6 is 0 Å². The maximum atomic E-state index is 12.9. The Bertz CT molecular complexity index is 1270. The average molecular weight is 389 g/mol. The average Bonchev–Trinajstić information content (AvgIpc) is 3.15. The third-order valence-corrected chi connectivity index (χ3v) is 5.30. The molecule has 2 aromatic carbocycles. The van der Waals surface area contributed by atoms with Gasteiger partial charge in [-0.25, -0.2) is 4.68 Å². The molecule has 2 heterocycles. The highest BCUT2D eigenvalue weighted by Crippen LogP contribution is 2.33. The molecule has 148 valence electrons. The lowest BCUT2D eigenvalue weighted by Gasteiger charge is -2.16. The van der Waals surface area contributed by atoms with Crippen molar-refractivity contribution in [1.29, 1.82) is 0 Å². The normalized spacial score (nSPS) is 12.4. The summed E-state index contributed by atoms with van der Waals surface area (Å²) in [6, 6.07) is 13.6. The number of hydrogen-bond donors (Lipinski definition) is 1. The van der Waals surface area contributed by atoms with E-state index in [1.165, 1.54) is 10.2 Å². The third kappa shape index (κ3) is 3.31. The standard InChI is InChI=1S/C23H23N3O3/c1-4-29-20(27)13-26-23(28)17-10-6-5-9-16(17)22(25-26)15(3)18-12-24-19-11-7-8-14(2)21(18)19/h5-12,15,24H,4,13H2,1-3H3. The van der Waals surface area contributed by atoms with Gasteiger partial charge in [-0.3, -0.25) is 9.59 Å². The van der Waals surface area contributed by atoms with Crippen molar-refractivity contribution in [2.24, 2.45) is 0 Å². The molecule has 0 saturated heterocycles. The van der Waals surface area contributed by atoms with Gasteiger partial charge in [0.15, 0.2) is 0 Å². The molecule has 0 aliphatic carbocycles. The van der Waals surface area contributed by atoms with Crippen molar-refractivity contribution >= 4 is 27.6 Å². The molecule has 0 spiro atoms. The van der Waals surface area contributed by atoms with Gasteiger partial charge >= 0.3 is 5.97 Å². The molecule has 0 bridgehead atoms. The van der Waals surface area contributed by atoms with E-state index in [1.54, 1.807) is 13.0 Å². The summed E-state index contributed by atoms with van der Waals surface area (Å²) in [5.41, 5.74) is 3.82. The fourth-order valence-electron chi connectivity index (χ4n) is 3.90. The van der Waals surface area contributed by atoms with Crippen molar-refractivity contribution in [3.63, 3.8) is 0 Å². The maximum absolute atomic E-state index is 12.9. The second kappa shape index (κ2) is 7.54. The molecule has 4 rings (SSSR count). The molecule has 0 amide bonds. The zero-order valence-corrected chi connectivity index (χ0v) is 16.7. The van der Waals surface area contributed by atoms with Gasteiger partial charge in [0.1, 0.15) is 6.54 Å². The van der Waals surface area contributed by atoms with Crippen molar-refractivity contribution in [2.45, 2.75) is 33.2 Å². The summed E-state index contributed by atoms with van der Waals surface area (Å²) in [5, 5.41) is 7.11. The van der Waals surface area contributed by atoms with Gasteiger partial charge in [-0.2, -0.15) is 5.10 Å². The first kappa shape index (κ1) is 18.9. The fourth-order valence-corrected chi connectivity index (χ4v) is 3.90. The number of aryl methyl sites for hydroxylation is 1. The van der Waals surface area contributed by atoms with Crippen molar-refractivity contribution in [2.75, 3.05) is 6.61 Å². The highest BCUT2D eigenvalue weighted by atomic mass is 16.5. The zero-order chi connectivity index (χ0) is 20.5. The minimum absolute atomic E-state index is 0.0798. The number of nitrogens with zero attached hydrogens (tertiary/aromatic N) is 2. The molecular weight excluding hydrogens is 366 g/mol. The molecule has 1 atom stereocenters. The van der Waals surface area contributed by atoms with E-state index in [1.807, 2.05) is 36.5 Å². The molecule has 2 aromatic heterocycles. The van der Waals surface area contributed by atoms with Crippen LogP contribution in [0.2, 0.25) is 0 Å². The van der Waals surface area contributed by atoms with Gasteiger partial charge in [0.25, 0.3) is 5.56 Å². The Balaban J connectivity index is 1.91. The Morgan fingerprint density at radius 1 is 1.17 bits per heavy atom. The number of benzene rings is 2. The van der Waals surface area contributed by atoms with Crippen LogP contribution in [0.5, 0.6) is 0 Å². The summed E-state index contributed by atoms with van der Waals surface area (Å²) in [5.74, 6) is -0.553. The maximum Gasteiger partial charge on any atom is 0.327 e. The predicted octanol–water partition coefficient (Wildman–Crippen LogP) is 3.90. The SMILES string of the molecule is CCOC(=O)Cn1nc(C(C)c2c[nH]c3cccc(C)c23)c2ccccc2c1=O. The number of H-pyrrole nitrogens is 1. The van der Waals surface area contributed by atoms with E-state index in [4.69, 9.17) is 4.74 Å². The minimum atomic E-state index is -0.473. The summed E-state index contributed by atoms with van der Waals surface area (Å²) in [6.45, 7) is 5.95. The number of aromatic nitrogens is 3. The topological polar surface area (TPSA) is 77.0 Å². The van der Waals surface area contributed by atoms with Gasteiger partial charge in [0, 0.05) is 28.4 Å². The van der Waals surface area contributed by atoms with Crippen LogP contribution in [0, 0.1) is 6.92 Å². The van der Waals surface area contributed by atoms with Gasteiger partial charge < -0.3 is 9.72 Å². The molecule has 0 aliphatic heterocycles. The molecule has 0 aliphatic rings. The van der Waals surface area contributed by atoms with Gasteiger partial charge in [0.05, 0.1) is 17.7 Å². The number of aromatic amines is 1. The summed E-state index contributed by atoms with van der Waals surface area (Å²) in [7, 11) is 0. The Hall–Kier alpha value is -3.41. The van der Waals surface area contributed by atoms with Crippen LogP contribution in [0.15, 0.2) is 53.5 Å². The van der Waals surface area contributed by atoms with Gasteiger partial charge in [-0.1, -0.05) is 37.3 Å². The monoisotopic (exact) mass is 389 g/mol. The molecule has 29 heavy (non-hydrogen) atoms. The lowest BCUT2D eigenvalue weighted by atomic mass is 9.92. The predicted molar refractivity (Wildman–Crippen MR) is 113 cm³/mol. The van der Waals surface area contributed by atoms with E-state index in [2.05, 4.69) is 30.0 Å². The number of carbonyl (C=O) groups is 1. The summed E-state index contributed by atoms with van der Waals surface area (Å²) in [4.78, 5) is 28.2. The summed E-state index contributed by atoms with van der Waals surface area (Å²) < 4.78 is 6.23. The number of rotatable bonds is 5. The second-order valence-electron chi connectivity index (χ2n) is 7.16. The van der Waals surface area contributed by atoms with Crippen molar-refractivity contribution < 1.29 is 9.53 Å². The zero-order valence-electron chi connectivity index (χ0n) is 16.7. The highest BCUT2D eigenvalue weighted by molar-refractivity contribution is 5.89. The molecular formula is C23H23N3O3. The molecule has 1 N–H and O–H groups in total. The molecule has 6 nitrogen and oxygen atoms in total. The highest BCUT2D eigenvalue weighted by Gasteiger charge is 2.21. The quantitative estimate of drug-likeness (QED) is 0.525. The van der Waals surface area contributed by atoms with E-state index >= 15 is 0 Å². The van der Waals surface area contributed by atoms with Crippen LogP contribution in [-0.4, -0.2) is 27.3 Å². The Morgan fingerprint density at radius 2 is 1.93 bits per heavy atom. The fraction of sp³-hybridized carbons (Fsp3) is 0.261. The number of ether oxygens (including phenoxy) is 1. The van der Waals surface area contributed by atoms with Crippen LogP contribution in [0.3, 0.4) is 0 Å². The van der Waals surface area contributed by atoms with E-state index in [9.17, 15) is 9.59 Å². The van der Waals surface area contributed by atoms with Gasteiger partial charge in [0.2, 0.25) is 0 Å². The van der Waals surface area contributed by atoms with Crippen LogP contribution < -0.4 is 5.56 Å². The number of hydrogen-bond acceptors (Lipinski definition) is 4. The molecule has 4 aromatic rings. The Morgan fingerprint density at radius 3 is 2.69 bits per heavy atom. The Kier molecular flexibility index (Phi) is 4.92. The minimum Gasteiger partial charge on any atom is -0.465 e. The first-order valence-electron chi connectivity index (χ1n) is 9.73. The van der Waals surface area contributed by atoms with Gasteiger partial charge in [-0.05, 0) is 37.1 Å².